The van der Waals surface area contributed by atoms with Crippen LogP contribution in [0.25, 0.3) is 21.8 Å². The number of rotatable bonds is 7. The molecule has 0 unspecified atom stereocenters. The van der Waals surface area contributed by atoms with E-state index in [0.29, 0.717) is 0 Å². The lowest BCUT2D eigenvalue weighted by atomic mass is 10.1. The van der Waals surface area contributed by atoms with E-state index < -0.39 is 0 Å². The van der Waals surface area contributed by atoms with Crippen LogP contribution in [0, 0.1) is 0 Å². The normalized spacial score (nSPS) is 11.8. The zero-order valence-electron chi connectivity index (χ0n) is 14.5. The predicted octanol–water partition coefficient (Wildman–Crippen LogP) is 3.86. The third-order valence-corrected chi connectivity index (χ3v) is 4.44. The fourth-order valence-corrected chi connectivity index (χ4v) is 3.30. The minimum absolute atomic E-state index is 0.939. The number of nitrogens with zero attached hydrogens (tertiary/aromatic N) is 2. The molecule has 3 heteroatoms. The third-order valence-electron chi connectivity index (χ3n) is 4.44. The van der Waals surface area contributed by atoms with Crippen LogP contribution in [0.2, 0.25) is 0 Å². The first-order valence-electron chi connectivity index (χ1n) is 8.56. The summed E-state index contributed by atoms with van der Waals surface area (Å²) < 4.78 is 2.40. The standard InChI is InChI=1S/C20H27N3/c1-4-23-19-9-6-5-8-17(19)18-14-16(10-11-20(18)23)15-21-12-7-13-22(2)3/h5-6,8-11,14,21H,4,7,12-13,15H2,1-3H3. The molecule has 0 bridgehead atoms. The van der Waals surface area contributed by atoms with Crippen LogP contribution in [-0.4, -0.2) is 36.7 Å². The van der Waals surface area contributed by atoms with Gasteiger partial charge >= 0.3 is 0 Å². The summed E-state index contributed by atoms with van der Waals surface area (Å²) in [4.78, 5) is 2.23. The summed E-state index contributed by atoms with van der Waals surface area (Å²) in [7, 11) is 4.24. The Morgan fingerprint density at radius 3 is 2.57 bits per heavy atom. The lowest BCUT2D eigenvalue weighted by Crippen LogP contribution is -2.20. The van der Waals surface area contributed by atoms with Gasteiger partial charge in [0.05, 0.1) is 0 Å². The molecule has 3 nitrogen and oxygen atoms in total. The molecule has 0 saturated heterocycles. The first kappa shape index (κ1) is 16.0. The Morgan fingerprint density at radius 2 is 1.78 bits per heavy atom. The van der Waals surface area contributed by atoms with Crippen LogP contribution in [0.5, 0.6) is 0 Å². The molecule has 0 aliphatic rings. The van der Waals surface area contributed by atoms with Crippen LogP contribution in [0.4, 0.5) is 0 Å². The molecule has 1 heterocycles. The van der Waals surface area contributed by atoms with E-state index in [4.69, 9.17) is 0 Å². The van der Waals surface area contributed by atoms with Gasteiger partial charge < -0.3 is 14.8 Å². The van der Waals surface area contributed by atoms with Crippen molar-refractivity contribution in [3.8, 4) is 0 Å². The first-order chi connectivity index (χ1) is 11.2. The number of fused-ring (bicyclic) bond motifs is 3. The maximum absolute atomic E-state index is 3.56. The molecular formula is C20H27N3. The highest BCUT2D eigenvalue weighted by atomic mass is 15.1. The monoisotopic (exact) mass is 309 g/mol. The summed E-state index contributed by atoms with van der Waals surface area (Å²) in [5.41, 5.74) is 4.03. The van der Waals surface area contributed by atoms with E-state index in [1.54, 1.807) is 0 Å². The van der Waals surface area contributed by atoms with Gasteiger partial charge in [-0.15, -0.1) is 0 Å². The maximum atomic E-state index is 3.56. The van der Waals surface area contributed by atoms with Crippen LogP contribution >= 0.6 is 0 Å². The zero-order chi connectivity index (χ0) is 16.2. The Balaban J connectivity index is 1.80. The number of nitrogens with one attached hydrogen (secondary N) is 1. The largest absolute Gasteiger partial charge is 0.341 e. The van der Waals surface area contributed by atoms with E-state index in [0.717, 1.165) is 26.2 Å². The van der Waals surface area contributed by atoms with Crippen molar-refractivity contribution >= 4 is 21.8 Å². The number of aryl methyl sites for hydroxylation is 1. The second-order valence-corrected chi connectivity index (χ2v) is 6.45. The summed E-state index contributed by atoms with van der Waals surface area (Å²) in [5, 5.41) is 6.29. The number of aromatic nitrogens is 1. The average Bonchev–Trinajstić information content (AvgIpc) is 2.87. The van der Waals surface area contributed by atoms with Gasteiger partial charge in [0.15, 0.2) is 0 Å². The number of para-hydroxylation sites is 1. The van der Waals surface area contributed by atoms with Crippen molar-refractivity contribution < 1.29 is 0 Å². The summed E-state index contributed by atoms with van der Waals surface area (Å²) in [6.07, 6.45) is 1.18. The van der Waals surface area contributed by atoms with Gasteiger partial charge in [-0.1, -0.05) is 24.3 Å². The molecule has 1 N–H and O–H groups in total. The van der Waals surface area contributed by atoms with Crippen molar-refractivity contribution in [2.75, 3.05) is 27.2 Å². The number of hydrogen-bond acceptors (Lipinski definition) is 2. The highest BCUT2D eigenvalue weighted by Crippen LogP contribution is 2.29. The minimum Gasteiger partial charge on any atom is -0.341 e. The average molecular weight is 309 g/mol. The molecule has 1 aromatic heterocycles. The van der Waals surface area contributed by atoms with Crippen molar-refractivity contribution in [3.05, 3.63) is 48.0 Å². The Labute approximate surface area is 138 Å². The molecule has 0 atom stereocenters. The molecule has 122 valence electrons. The van der Waals surface area contributed by atoms with E-state index in [1.165, 1.54) is 33.8 Å². The first-order valence-corrected chi connectivity index (χ1v) is 8.56. The minimum atomic E-state index is 0.939. The molecule has 3 rings (SSSR count). The third kappa shape index (κ3) is 3.41. The molecule has 0 aliphatic carbocycles. The van der Waals surface area contributed by atoms with Gasteiger partial charge in [0.25, 0.3) is 0 Å². The molecule has 0 saturated carbocycles. The Hall–Kier alpha value is -1.84. The Morgan fingerprint density at radius 1 is 1.00 bits per heavy atom. The van der Waals surface area contributed by atoms with Crippen LogP contribution in [0.15, 0.2) is 42.5 Å². The van der Waals surface area contributed by atoms with Gasteiger partial charge in [0.1, 0.15) is 0 Å². The second kappa shape index (κ2) is 7.16. The van der Waals surface area contributed by atoms with Gasteiger partial charge in [-0.2, -0.15) is 0 Å². The zero-order valence-corrected chi connectivity index (χ0v) is 14.5. The Bertz CT molecular complexity index is 786. The molecular weight excluding hydrogens is 282 g/mol. The number of hydrogen-bond donors (Lipinski definition) is 1. The van der Waals surface area contributed by atoms with Crippen molar-refractivity contribution in [2.45, 2.75) is 26.4 Å². The lowest BCUT2D eigenvalue weighted by Gasteiger charge is -2.10. The van der Waals surface area contributed by atoms with Crippen LogP contribution in [0.3, 0.4) is 0 Å². The van der Waals surface area contributed by atoms with Gasteiger partial charge in [0, 0.05) is 34.9 Å². The molecule has 0 amide bonds. The quantitative estimate of drug-likeness (QED) is 0.669. The van der Waals surface area contributed by atoms with Gasteiger partial charge in [-0.3, -0.25) is 0 Å². The van der Waals surface area contributed by atoms with E-state index in [-0.39, 0.29) is 0 Å². The van der Waals surface area contributed by atoms with Gasteiger partial charge in [-0.25, -0.2) is 0 Å². The van der Waals surface area contributed by atoms with Crippen molar-refractivity contribution in [1.29, 1.82) is 0 Å². The van der Waals surface area contributed by atoms with E-state index in [2.05, 4.69) is 78.3 Å². The number of benzene rings is 2. The molecule has 23 heavy (non-hydrogen) atoms. The molecule has 0 fully saturated rings. The predicted molar refractivity (Wildman–Crippen MR) is 100.0 cm³/mol. The van der Waals surface area contributed by atoms with E-state index in [9.17, 15) is 0 Å². The van der Waals surface area contributed by atoms with Crippen molar-refractivity contribution in [1.82, 2.24) is 14.8 Å². The van der Waals surface area contributed by atoms with Crippen LogP contribution in [0.1, 0.15) is 18.9 Å². The molecule has 0 spiro atoms. The lowest BCUT2D eigenvalue weighted by molar-refractivity contribution is 0.394. The second-order valence-electron chi connectivity index (χ2n) is 6.45. The SMILES string of the molecule is CCn1c2ccccc2c2cc(CNCCCN(C)C)ccc21. The Kier molecular flexibility index (Phi) is 4.99. The van der Waals surface area contributed by atoms with E-state index in [1.807, 2.05) is 0 Å². The highest BCUT2D eigenvalue weighted by Gasteiger charge is 2.09. The summed E-state index contributed by atoms with van der Waals surface area (Å²) in [6, 6.07) is 15.6. The topological polar surface area (TPSA) is 20.2 Å². The van der Waals surface area contributed by atoms with Crippen molar-refractivity contribution in [2.24, 2.45) is 0 Å². The fraction of sp³-hybridized carbons (Fsp3) is 0.400. The molecule has 0 aliphatic heterocycles. The summed E-state index contributed by atoms with van der Waals surface area (Å²) in [5.74, 6) is 0. The molecule has 2 aromatic carbocycles. The molecule has 3 aromatic rings. The van der Waals surface area contributed by atoms with E-state index >= 15 is 0 Å². The van der Waals surface area contributed by atoms with Gasteiger partial charge in [-0.05, 0) is 64.3 Å². The summed E-state index contributed by atoms with van der Waals surface area (Å²) in [6.45, 7) is 6.36. The van der Waals surface area contributed by atoms with Crippen LogP contribution < -0.4 is 5.32 Å². The van der Waals surface area contributed by atoms with Gasteiger partial charge in [0.2, 0.25) is 0 Å². The maximum Gasteiger partial charge on any atom is 0.0491 e. The summed E-state index contributed by atoms with van der Waals surface area (Å²) >= 11 is 0. The van der Waals surface area contributed by atoms with Crippen molar-refractivity contribution in [3.63, 3.8) is 0 Å². The fourth-order valence-electron chi connectivity index (χ4n) is 3.30. The molecule has 0 radical (unpaired) electrons. The highest BCUT2D eigenvalue weighted by molar-refractivity contribution is 6.08. The smallest absolute Gasteiger partial charge is 0.0491 e. The van der Waals surface area contributed by atoms with Crippen LogP contribution in [-0.2, 0) is 13.1 Å².